The number of benzene rings is 1. The van der Waals surface area contributed by atoms with Gasteiger partial charge in [0.25, 0.3) is 0 Å². The summed E-state index contributed by atoms with van der Waals surface area (Å²) in [6.07, 6.45) is 0.458. The number of hydrogen-bond acceptors (Lipinski definition) is 6. The van der Waals surface area contributed by atoms with Gasteiger partial charge in [0.1, 0.15) is 16.5 Å². The number of nitrogens with zero attached hydrogens (tertiary/aromatic N) is 2. The quantitative estimate of drug-likeness (QED) is 0.379. The average molecular weight is 477 g/mol. The van der Waals surface area contributed by atoms with Gasteiger partial charge in [0.2, 0.25) is 15.9 Å². The highest BCUT2D eigenvalue weighted by molar-refractivity contribution is 7.89. The fourth-order valence-electron chi connectivity index (χ4n) is 3.63. The maximum atomic E-state index is 14.0. The van der Waals surface area contributed by atoms with Gasteiger partial charge in [0.15, 0.2) is 0 Å². The number of sulfonamides is 1. The second kappa shape index (κ2) is 11.7. The van der Waals surface area contributed by atoms with Crippen LogP contribution in [0, 0.1) is 23.5 Å². The minimum Gasteiger partial charge on any atom is -0.469 e. The van der Waals surface area contributed by atoms with Crippen LogP contribution < -0.4 is 0 Å². The number of rotatable bonds is 10. The van der Waals surface area contributed by atoms with Crippen molar-refractivity contribution in [3.63, 3.8) is 0 Å². The van der Waals surface area contributed by atoms with Crippen LogP contribution in [-0.2, 0) is 29.1 Å². The minimum atomic E-state index is -4.22. The van der Waals surface area contributed by atoms with Crippen molar-refractivity contribution in [2.75, 3.05) is 46.5 Å². The Morgan fingerprint density at radius 2 is 1.91 bits per heavy atom. The molecule has 32 heavy (non-hydrogen) atoms. The molecule has 1 unspecified atom stereocenters. The van der Waals surface area contributed by atoms with Crippen LogP contribution in [0.3, 0.4) is 0 Å². The van der Waals surface area contributed by atoms with E-state index in [9.17, 15) is 26.8 Å². The average Bonchev–Trinajstić information content (AvgIpc) is 2.78. The highest BCUT2D eigenvalue weighted by Crippen LogP contribution is 2.27. The highest BCUT2D eigenvalue weighted by Gasteiger charge is 2.35. The SMILES string of the molecule is CCOCCN(CC(C)C(=O)OC)C(=O)C1CCN(S(=O)(=O)c2cc(F)ccc2F)CC1. The third-order valence-corrected chi connectivity index (χ3v) is 7.35. The second-order valence-electron chi connectivity index (χ2n) is 7.66. The van der Waals surface area contributed by atoms with Gasteiger partial charge in [-0.25, -0.2) is 17.2 Å². The number of amides is 1. The van der Waals surface area contributed by atoms with Gasteiger partial charge in [-0.1, -0.05) is 6.92 Å². The first-order valence-electron chi connectivity index (χ1n) is 10.5. The topological polar surface area (TPSA) is 93.2 Å². The molecule has 0 radical (unpaired) electrons. The lowest BCUT2D eigenvalue weighted by molar-refractivity contribution is -0.147. The molecule has 1 fully saturated rings. The zero-order chi connectivity index (χ0) is 23.9. The van der Waals surface area contributed by atoms with E-state index in [1.807, 2.05) is 6.92 Å². The van der Waals surface area contributed by atoms with E-state index in [1.54, 1.807) is 6.92 Å². The van der Waals surface area contributed by atoms with Crippen LogP contribution in [0.5, 0.6) is 0 Å². The van der Waals surface area contributed by atoms with Gasteiger partial charge in [-0.15, -0.1) is 0 Å². The van der Waals surface area contributed by atoms with Crippen molar-refractivity contribution in [3.05, 3.63) is 29.8 Å². The Bertz CT molecular complexity index is 904. The number of carbonyl (C=O) groups is 2. The molecular formula is C21H30F2N2O6S. The van der Waals surface area contributed by atoms with Crippen LogP contribution in [0.15, 0.2) is 23.1 Å². The summed E-state index contributed by atoms with van der Waals surface area (Å²) in [6.45, 7) is 4.74. The lowest BCUT2D eigenvalue weighted by Crippen LogP contribution is -2.47. The molecule has 1 heterocycles. The monoisotopic (exact) mass is 476 g/mol. The first-order valence-corrected chi connectivity index (χ1v) is 11.9. The van der Waals surface area contributed by atoms with Crippen LogP contribution >= 0.6 is 0 Å². The van der Waals surface area contributed by atoms with Crippen LogP contribution in [-0.4, -0.2) is 76.0 Å². The summed E-state index contributed by atoms with van der Waals surface area (Å²) in [7, 11) is -2.94. The van der Waals surface area contributed by atoms with Gasteiger partial charge in [-0.3, -0.25) is 9.59 Å². The molecule has 0 aromatic heterocycles. The predicted octanol–water partition coefficient (Wildman–Crippen LogP) is 2.04. The Morgan fingerprint density at radius 1 is 1.25 bits per heavy atom. The molecular weight excluding hydrogens is 446 g/mol. The van der Waals surface area contributed by atoms with E-state index < -0.39 is 44.4 Å². The zero-order valence-corrected chi connectivity index (χ0v) is 19.4. The van der Waals surface area contributed by atoms with Crippen molar-refractivity contribution < 1.29 is 36.3 Å². The Kier molecular flexibility index (Phi) is 9.53. The van der Waals surface area contributed by atoms with E-state index in [2.05, 4.69) is 0 Å². The predicted molar refractivity (Wildman–Crippen MR) is 112 cm³/mol. The smallest absolute Gasteiger partial charge is 0.310 e. The Labute approximate surface area is 187 Å². The van der Waals surface area contributed by atoms with Crippen LogP contribution in [0.4, 0.5) is 8.78 Å². The molecule has 180 valence electrons. The number of halogens is 2. The van der Waals surface area contributed by atoms with Crippen LogP contribution in [0.1, 0.15) is 26.7 Å². The minimum absolute atomic E-state index is 0.000544. The normalized spacial score (nSPS) is 16.5. The Hall–Kier alpha value is -2.11. The largest absolute Gasteiger partial charge is 0.469 e. The van der Waals surface area contributed by atoms with E-state index in [4.69, 9.17) is 9.47 Å². The molecule has 1 amide bonds. The number of esters is 1. The number of carbonyl (C=O) groups excluding carboxylic acids is 2. The molecule has 0 N–H and O–H groups in total. The molecule has 0 saturated carbocycles. The van der Waals surface area contributed by atoms with Crippen molar-refractivity contribution in [1.82, 2.24) is 9.21 Å². The molecule has 1 saturated heterocycles. The molecule has 1 aliphatic heterocycles. The van der Waals surface area contributed by atoms with Crippen molar-refractivity contribution in [2.24, 2.45) is 11.8 Å². The van der Waals surface area contributed by atoms with E-state index in [-0.39, 0.29) is 38.4 Å². The van der Waals surface area contributed by atoms with Gasteiger partial charge in [0, 0.05) is 38.7 Å². The number of methoxy groups -OCH3 is 1. The number of ether oxygens (including phenoxy) is 2. The molecule has 1 aliphatic rings. The third-order valence-electron chi connectivity index (χ3n) is 5.43. The van der Waals surface area contributed by atoms with Crippen LogP contribution in [0.2, 0.25) is 0 Å². The standard InChI is InChI=1S/C21H30F2N2O6S/c1-4-31-12-11-24(14-15(2)21(27)30-3)20(26)16-7-9-25(10-8-16)32(28,29)19-13-17(22)5-6-18(19)23/h5-6,13,15-16H,4,7-12,14H2,1-3H3. The third kappa shape index (κ3) is 6.46. The maximum Gasteiger partial charge on any atom is 0.310 e. The number of piperidine rings is 1. The van der Waals surface area contributed by atoms with Gasteiger partial charge >= 0.3 is 5.97 Å². The van der Waals surface area contributed by atoms with E-state index in [1.165, 1.54) is 12.0 Å². The highest BCUT2D eigenvalue weighted by atomic mass is 32.2. The molecule has 1 atom stereocenters. The van der Waals surface area contributed by atoms with Gasteiger partial charge in [-0.2, -0.15) is 4.31 Å². The summed E-state index contributed by atoms with van der Waals surface area (Å²) < 4.78 is 64.1. The molecule has 11 heteroatoms. The van der Waals surface area contributed by atoms with Crippen molar-refractivity contribution in [1.29, 1.82) is 0 Å². The fraction of sp³-hybridized carbons (Fsp3) is 0.619. The lowest BCUT2D eigenvalue weighted by Gasteiger charge is -2.34. The molecule has 8 nitrogen and oxygen atoms in total. The van der Waals surface area contributed by atoms with Gasteiger partial charge < -0.3 is 14.4 Å². The Balaban J connectivity index is 2.07. The fourth-order valence-corrected chi connectivity index (χ4v) is 5.18. The molecule has 1 aromatic rings. The molecule has 0 bridgehead atoms. The van der Waals surface area contributed by atoms with E-state index >= 15 is 0 Å². The first kappa shape index (κ1) is 26.1. The summed E-state index contributed by atoms with van der Waals surface area (Å²) in [6, 6.07) is 2.29. The second-order valence-corrected chi connectivity index (χ2v) is 9.56. The summed E-state index contributed by atoms with van der Waals surface area (Å²) in [5.41, 5.74) is 0. The van der Waals surface area contributed by atoms with Gasteiger partial charge in [0.05, 0.1) is 19.6 Å². The van der Waals surface area contributed by atoms with E-state index in [0.29, 0.717) is 25.8 Å². The summed E-state index contributed by atoms with van der Waals surface area (Å²) in [4.78, 5) is 25.7. The van der Waals surface area contributed by atoms with E-state index in [0.717, 1.165) is 16.4 Å². The van der Waals surface area contributed by atoms with Crippen molar-refractivity contribution in [2.45, 2.75) is 31.6 Å². The molecule has 0 spiro atoms. The summed E-state index contributed by atoms with van der Waals surface area (Å²) in [5.74, 6) is -3.48. The summed E-state index contributed by atoms with van der Waals surface area (Å²) >= 11 is 0. The molecule has 1 aromatic carbocycles. The zero-order valence-electron chi connectivity index (χ0n) is 18.6. The van der Waals surface area contributed by atoms with Gasteiger partial charge in [-0.05, 0) is 38.0 Å². The molecule has 2 rings (SSSR count). The van der Waals surface area contributed by atoms with Crippen molar-refractivity contribution >= 4 is 21.9 Å². The first-order chi connectivity index (χ1) is 15.1. The summed E-state index contributed by atoms with van der Waals surface area (Å²) in [5, 5.41) is 0. The van der Waals surface area contributed by atoms with Crippen LogP contribution in [0.25, 0.3) is 0 Å². The van der Waals surface area contributed by atoms with Crippen molar-refractivity contribution in [3.8, 4) is 0 Å². The Morgan fingerprint density at radius 3 is 2.50 bits per heavy atom. The molecule has 0 aliphatic carbocycles. The number of hydrogen-bond donors (Lipinski definition) is 0. The lowest BCUT2D eigenvalue weighted by atomic mass is 9.96. The maximum absolute atomic E-state index is 14.0.